The molecule has 0 saturated carbocycles. The van der Waals surface area contributed by atoms with Gasteiger partial charge in [0, 0.05) is 6.61 Å². The highest BCUT2D eigenvalue weighted by Gasteiger charge is 2.15. The number of hydrogen-bond donors (Lipinski definition) is 2. The van der Waals surface area contributed by atoms with Crippen molar-refractivity contribution in [3.05, 3.63) is 0 Å². The fourth-order valence-electron chi connectivity index (χ4n) is 2.01. The molecule has 0 aliphatic heterocycles. The van der Waals surface area contributed by atoms with Crippen LogP contribution in [-0.4, -0.2) is 22.9 Å². The van der Waals surface area contributed by atoms with Crippen LogP contribution in [0.2, 0.25) is 0 Å². The van der Waals surface area contributed by atoms with Crippen molar-refractivity contribution in [1.82, 2.24) is 0 Å². The fourth-order valence-corrected chi connectivity index (χ4v) is 2.01. The van der Waals surface area contributed by atoms with E-state index in [4.69, 9.17) is 5.11 Å². The van der Waals surface area contributed by atoms with E-state index in [9.17, 15) is 5.11 Å². The van der Waals surface area contributed by atoms with E-state index in [0.717, 1.165) is 38.5 Å². The molecule has 0 saturated heterocycles. The van der Waals surface area contributed by atoms with Crippen molar-refractivity contribution in [2.24, 2.45) is 5.41 Å². The van der Waals surface area contributed by atoms with Gasteiger partial charge in [-0.25, -0.2) is 0 Å². The Morgan fingerprint density at radius 1 is 0.941 bits per heavy atom. The van der Waals surface area contributed by atoms with Gasteiger partial charge >= 0.3 is 0 Å². The highest BCUT2D eigenvalue weighted by molar-refractivity contribution is 4.66. The molecule has 2 heteroatoms. The Bertz CT molecular complexity index is 166. The maximum atomic E-state index is 9.74. The van der Waals surface area contributed by atoms with Gasteiger partial charge in [-0.15, -0.1) is 0 Å². The molecule has 2 N–H and O–H groups in total. The molecule has 0 radical (unpaired) electrons. The Hall–Kier alpha value is -0.0800. The third-order valence-corrected chi connectivity index (χ3v) is 3.46. The normalized spacial score (nSPS) is 13.9. The summed E-state index contributed by atoms with van der Waals surface area (Å²) in [5.74, 6) is 0. The third-order valence-electron chi connectivity index (χ3n) is 3.46. The van der Waals surface area contributed by atoms with Crippen LogP contribution in [0.15, 0.2) is 0 Å². The summed E-state index contributed by atoms with van der Waals surface area (Å²) in [6.07, 6.45) is 9.99. The molecule has 0 aromatic carbocycles. The predicted octanol–water partition coefficient (Wildman–Crippen LogP) is 3.90. The first-order chi connectivity index (χ1) is 8.02. The van der Waals surface area contributed by atoms with Crippen LogP contribution in [0, 0.1) is 5.41 Å². The number of unbranched alkanes of at least 4 members (excludes halogenated alkanes) is 4. The summed E-state index contributed by atoms with van der Waals surface area (Å²) in [7, 11) is 0. The van der Waals surface area contributed by atoms with E-state index in [1.807, 2.05) is 0 Å². The van der Waals surface area contributed by atoms with E-state index < -0.39 is 0 Å². The van der Waals surface area contributed by atoms with Crippen LogP contribution in [0.4, 0.5) is 0 Å². The average molecular weight is 244 g/mol. The Morgan fingerprint density at radius 2 is 1.53 bits per heavy atom. The van der Waals surface area contributed by atoms with Crippen molar-refractivity contribution in [2.45, 2.75) is 84.7 Å². The zero-order chi connectivity index (χ0) is 13.1. The molecule has 0 bridgehead atoms. The Balaban J connectivity index is 3.33. The van der Waals surface area contributed by atoms with Crippen LogP contribution in [0.1, 0.15) is 78.6 Å². The van der Waals surface area contributed by atoms with E-state index in [1.165, 1.54) is 19.3 Å². The molecule has 0 fully saturated rings. The van der Waals surface area contributed by atoms with Gasteiger partial charge in [0.25, 0.3) is 0 Å². The van der Waals surface area contributed by atoms with E-state index in [1.54, 1.807) is 0 Å². The molecule has 0 aliphatic carbocycles. The largest absolute Gasteiger partial charge is 0.396 e. The van der Waals surface area contributed by atoms with Gasteiger partial charge in [0.15, 0.2) is 0 Å². The topological polar surface area (TPSA) is 40.5 Å². The minimum atomic E-state index is -0.0904. The number of aliphatic hydroxyl groups excluding tert-OH is 2. The molecular weight excluding hydrogens is 212 g/mol. The number of rotatable bonds is 11. The van der Waals surface area contributed by atoms with Gasteiger partial charge < -0.3 is 10.2 Å². The number of hydrogen-bond acceptors (Lipinski definition) is 2. The molecule has 0 aliphatic rings. The van der Waals surface area contributed by atoms with Crippen molar-refractivity contribution >= 4 is 0 Å². The van der Waals surface area contributed by atoms with Crippen LogP contribution in [-0.2, 0) is 0 Å². The highest BCUT2D eigenvalue weighted by Crippen LogP contribution is 2.23. The van der Waals surface area contributed by atoms with Gasteiger partial charge in [-0.1, -0.05) is 59.3 Å². The lowest BCUT2D eigenvalue weighted by molar-refractivity contribution is 0.138. The molecule has 0 amide bonds. The monoisotopic (exact) mass is 244 g/mol. The summed E-state index contributed by atoms with van der Waals surface area (Å²) in [4.78, 5) is 0. The van der Waals surface area contributed by atoms with Crippen LogP contribution in [0.25, 0.3) is 0 Å². The molecular formula is C15H32O2. The van der Waals surface area contributed by atoms with Crippen LogP contribution in [0.5, 0.6) is 0 Å². The molecule has 104 valence electrons. The number of aliphatic hydroxyl groups is 2. The predicted molar refractivity (Wildman–Crippen MR) is 74.1 cm³/mol. The van der Waals surface area contributed by atoms with Crippen molar-refractivity contribution in [2.75, 3.05) is 6.61 Å². The van der Waals surface area contributed by atoms with E-state index in [0.29, 0.717) is 0 Å². The van der Waals surface area contributed by atoms with Gasteiger partial charge in [-0.2, -0.15) is 0 Å². The van der Waals surface area contributed by atoms with Crippen molar-refractivity contribution in [1.29, 1.82) is 0 Å². The van der Waals surface area contributed by atoms with Gasteiger partial charge in [0.1, 0.15) is 0 Å². The summed E-state index contributed by atoms with van der Waals surface area (Å²) in [6.45, 7) is 6.67. The summed E-state index contributed by atoms with van der Waals surface area (Å²) in [5.41, 5.74) is 0.0692. The van der Waals surface area contributed by atoms with E-state index >= 15 is 0 Å². The first kappa shape index (κ1) is 16.9. The summed E-state index contributed by atoms with van der Waals surface area (Å²) < 4.78 is 0. The zero-order valence-corrected chi connectivity index (χ0v) is 12.0. The maximum Gasteiger partial charge on any atom is 0.0540 e. The molecule has 0 spiro atoms. The second-order valence-corrected chi connectivity index (χ2v) is 6.07. The Labute approximate surface area is 107 Å². The molecule has 0 rings (SSSR count). The molecule has 2 nitrogen and oxygen atoms in total. The van der Waals surface area contributed by atoms with Crippen LogP contribution < -0.4 is 0 Å². The van der Waals surface area contributed by atoms with Crippen molar-refractivity contribution in [3.8, 4) is 0 Å². The molecule has 1 unspecified atom stereocenters. The first-order valence-corrected chi connectivity index (χ1v) is 7.31. The van der Waals surface area contributed by atoms with Gasteiger partial charge in [0.05, 0.1) is 6.10 Å². The second kappa shape index (κ2) is 9.90. The van der Waals surface area contributed by atoms with Gasteiger partial charge in [-0.05, 0) is 24.7 Å². The van der Waals surface area contributed by atoms with Gasteiger partial charge in [-0.3, -0.25) is 0 Å². The molecule has 0 aromatic heterocycles. The third kappa shape index (κ3) is 10.8. The molecule has 1 atom stereocenters. The lowest BCUT2D eigenvalue weighted by Gasteiger charge is -2.21. The molecule has 17 heavy (non-hydrogen) atoms. The van der Waals surface area contributed by atoms with Crippen molar-refractivity contribution < 1.29 is 10.2 Å². The summed E-state index contributed by atoms with van der Waals surface area (Å²) in [5, 5.41) is 18.9. The van der Waals surface area contributed by atoms with Crippen LogP contribution in [0.3, 0.4) is 0 Å². The Kier molecular flexibility index (Phi) is 9.85. The summed E-state index contributed by atoms with van der Waals surface area (Å²) in [6, 6.07) is 0. The maximum absolute atomic E-state index is 9.74. The molecule has 0 heterocycles. The van der Waals surface area contributed by atoms with E-state index in [-0.39, 0.29) is 18.1 Å². The zero-order valence-electron chi connectivity index (χ0n) is 12.0. The smallest absolute Gasteiger partial charge is 0.0540 e. The first-order valence-electron chi connectivity index (χ1n) is 7.31. The minimum absolute atomic E-state index is 0.0692. The molecule has 0 aromatic rings. The van der Waals surface area contributed by atoms with Crippen molar-refractivity contribution in [3.63, 3.8) is 0 Å². The minimum Gasteiger partial charge on any atom is -0.396 e. The Morgan fingerprint density at radius 3 is 2.06 bits per heavy atom. The lowest BCUT2D eigenvalue weighted by Crippen LogP contribution is -2.16. The SMILES string of the molecule is CCCCCC(O)CCCCCC(C)(C)CO. The summed E-state index contributed by atoms with van der Waals surface area (Å²) >= 11 is 0. The lowest BCUT2D eigenvalue weighted by atomic mass is 9.88. The second-order valence-electron chi connectivity index (χ2n) is 6.07. The quantitative estimate of drug-likeness (QED) is 0.541. The fraction of sp³-hybridized carbons (Fsp3) is 1.00. The average Bonchev–Trinajstić information content (AvgIpc) is 2.29. The van der Waals surface area contributed by atoms with E-state index in [2.05, 4.69) is 20.8 Å². The highest BCUT2D eigenvalue weighted by atomic mass is 16.3. The van der Waals surface area contributed by atoms with Crippen LogP contribution >= 0.6 is 0 Å². The standard InChI is InChI=1S/C15H32O2/c1-4-5-7-10-14(17)11-8-6-9-12-15(2,3)13-16/h14,16-17H,4-13H2,1-3H3. The van der Waals surface area contributed by atoms with Gasteiger partial charge in [0.2, 0.25) is 0 Å².